The smallest absolute Gasteiger partial charge is 0.106 e. The zero-order valence-electron chi connectivity index (χ0n) is 9.32. The summed E-state index contributed by atoms with van der Waals surface area (Å²) in [5, 5.41) is 0. The molecule has 0 aliphatic carbocycles. The second-order valence-corrected chi connectivity index (χ2v) is 3.20. The van der Waals surface area contributed by atoms with E-state index < -0.39 is 0 Å². The summed E-state index contributed by atoms with van der Waals surface area (Å²) in [7, 11) is 0. The van der Waals surface area contributed by atoms with Crippen LogP contribution in [0.2, 0.25) is 0 Å². The van der Waals surface area contributed by atoms with Gasteiger partial charge in [-0.1, -0.05) is 26.0 Å². The SMILES string of the molecule is CCc1nc2c(CC)cccc2[nH]1.I.I.I. The molecule has 0 aliphatic heterocycles. The van der Waals surface area contributed by atoms with Crippen LogP contribution in [0, 0.1) is 0 Å². The van der Waals surface area contributed by atoms with E-state index in [1.165, 1.54) is 5.56 Å². The van der Waals surface area contributed by atoms with Gasteiger partial charge in [0, 0.05) is 6.42 Å². The molecule has 1 heterocycles. The molecule has 1 aromatic carbocycles. The summed E-state index contributed by atoms with van der Waals surface area (Å²) >= 11 is 0. The Bertz CT molecular complexity index is 426. The van der Waals surface area contributed by atoms with Crippen LogP contribution in [0.5, 0.6) is 0 Å². The van der Waals surface area contributed by atoms with Gasteiger partial charge in [0.05, 0.1) is 11.0 Å². The van der Waals surface area contributed by atoms with E-state index in [1.807, 2.05) is 0 Å². The number of rotatable bonds is 2. The molecule has 0 saturated heterocycles. The van der Waals surface area contributed by atoms with E-state index >= 15 is 0 Å². The topological polar surface area (TPSA) is 28.7 Å². The number of hydrogen-bond donors (Lipinski definition) is 1. The maximum absolute atomic E-state index is 4.55. The van der Waals surface area contributed by atoms with Gasteiger partial charge in [-0.05, 0) is 18.1 Å². The van der Waals surface area contributed by atoms with Gasteiger partial charge in [-0.15, -0.1) is 71.9 Å². The average Bonchev–Trinajstić information content (AvgIpc) is 2.59. The van der Waals surface area contributed by atoms with Crippen LogP contribution in [0.15, 0.2) is 18.2 Å². The highest BCUT2D eigenvalue weighted by Gasteiger charge is 2.03. The molecule has 0 aliphatic rings. The third-order valence-corrected chi connectivity index (χ3v) is 2.36. The number of aromatic nitrogens is 2. The van der Waals surface area contributed by atoms with Crippen LogP contribution in [-0.2, 0) is 12.8 Å². The van der Waals surface area contributed by atoms with Crippen molar-refractivity contribution in [1.82, 2.24) is 9.97 Å². The first-order chi connectivity index (χ1) is 6.35. The molecule has 0 bridgehead atoms. The maximum Gasteiger partial charge on any atom is 0.106 e. The van der Waals surface area contributed by atoms with E-state index in [0.29, 0.717) is 0 Å². The summed E-state index contributed by atoms with van der Waals surface area (Å²) < 4.78 is 0. The van der Waals surface area contributed by atoms with E-state index in [-0.39, 0.29) is 71.9 Å². The maximum atomic E-state index is 4.55. The zero-order chi connectivity index (χ0) is 9.26. The lowest BCUT2D eigenvalue weighted by molar-refractivity contribution is 0.998. The van der Waals surface area contributed by atoms with Gasteiger partial charge in [-0.25, -0.2) is 4.98 Å². The molecule has 5 heteroatoms. The minimum Gasteiger partial charge on any atom is -0.342 e. The summed E-state index contributed by atoms with van der Waals surface area (Å²) in [4.78, 5) is 7.86. The minimum absolute atomic E-state index is 0. The van der Waals surface area contributed by atoms with E-state index in [2.05, 4.69) is 42.0 Å². The Morgan fingerprint density at radius 2 is 1.75 bits per heavy atom. The number of nitrogens with one attached hydrogen (secondary N) is 1. The number of hydrogen-bond acceptors (Lipinski definition) is 1. The van der Waals surface area contributed by atoms with Crippen molar-refractivity contribution in [2.24, 2.45) is 0 Å². The predicted molar refractivity (Wildman–Crippen MR) is 101 cm³/mol. The molecule has 2 nitrogen and oxygen atoms in total. The number of halogens is 3. The van der Waals surface area contributed by atoms with Crippen molar-refractivity contribution in [2.45, 2.75) is 26.7 Å². The molecule has 0 saturated carbocycles. The number of fused-ring (bicyclic) bond motifs is 1. The van der Waals surface area contributed by atoms with E-state index in [9.17, 15) is 0 Å². The highest BCUT2D eigenvalue weighted by atomic mass is 127. The van der Waals surface area contributed by atoms with Crippen LogP contribution in [0.25, 0.3) is 11.0 Å². The molecule has 0 atom stereocenters. The molecule has 16 heavy (non-hydrogen) atoms. The number of imidazole rings is 1. The summed E-state index contributed by atoms with van der Waals surface area (Å²) in [6.45, 7) is 4.28. The van der Waals surface area contributed by atoms with Crippen molar-refractivity contribution in [1.29, 1.82) is 0 Å². The third-order valence-electron chi connectivity index (χ3n) is 2.36. The zero-order valence-corrected chi connectivity index (χ0v) is 16.3. The molecule has 0 spiro atoms. The van der Waals surface area contributed by atoms with Crippen molar-refractivity contribution < 1.29 is 0 Å². The van der Waals surface area contributed by atoms with E-state index in [0.717, 1.165) is 29.7 Å². The first kappa shape index (κ1) is 19.2. The second kappa shape index (κ2) is 8.90. The Balaban J connectivity index is 0. The van der Waals surface area contributed by atoms with Gasteiger partial charge in [0.2, 0.25) is 0 Å². The van der Waals surface area contributed by atoms with Gasteiger partial charge in [0.25, 0.3) is 0 Å². The highest BCUT2D eigenvalue weighted by molar-refractivity contribution is 14.0. The van der Waals surface area contributed by atoms with Gasteiger partial charge in [0.15, 0.2) is 0 Å². The molecule has 1 N–H and O–H groups in total. The van der Waals surface area contributed by atoms with Gasteiger partial charge in [-0.3, -0.25) is 0 Å². The Morgan fingerprint density at radius 1 is 1.06 bits per heavy atom. The van der Waals surface area contributed by atoms with E-state index in [1.54, 1.807) is 0 Å². The molecular formula is C11H17I3N2. The molecule has 1 aromatic heterocycles. The molecule has 2 aromatic rings. The first-order valence-corrected chi connectivity index (χ1v) is 4.81. The quantitative estimate of drug-likeness (QED) is 0.540. The summed E-state index contributed by atoms with van der Waals surface area (Å²) in [6, 6.07) is 6.31. The molecular weight excluding hydrogens is 541 g/mol. The molecule has 0 fully saturated rings. The fourth-order valence-corrected chi connectivity index (χ4v) is 1.60. The lowest BCUT2D eigenvalue weighted by Crippen LogP contribution is -1.82. The Hall–Kier alpha value is 0.880. The predicted octanol–water partition coefficient (Wildman–Crippen LogP) is 4.54. The lowest BCUT2D eigenvalue weighted by atomic mass is 10.1. The molecule has 92 valence electrons. The van der Waals surface area contributed by atoms with Crippen molar-refractivity contribution >= 4 is 83.0 Å². The lowest BCUT2D eigenvalue weighted by Gasteiger charge is -1.95. The fourth-order valence-electron chi connectivity index (χ4n) is 1.60. The average molecular weight is 558 g/mol. The number of para-hydroxylation sites is 1. The number of benzene rings is 1. The Kier molecular flexibility index (Phi) is 10.7. The monoisotopic (exact) mass is 558 g/mol. The number of aryl methyl sites for hydroxylation is 2. The molecule has 0 radical (unpaired) electrons. The summed E-state index contributed by atoms with van der Waals surface area (Å²) in [5.74, 6) is 1.08. The van der Waals surface area contributed by atoms with Gasteiger partial charge in [-0.2, -0.15) is 0 Å². The largest absolute Gasteiger partial charge is 0.342 e. The number of aromatic amines is 1. The Labute approximate surface area is 147 Å². The van der Waals surface area contributed by atoms with Crippen molar-refractivity contribution in [3.8, 4) is 0 Å². The van der Waals surface area contributed by atoms with Crippen LogP contribution in [0.3, 0.4) is 0 Å². The van der Waals surface area contributed by atoms with Crippen LogP contribution >= 0.6 is 71.9 Å². The van der Waals surface area contributed by atoms with Gasteiger partial charge in [0.1, 0.15) is 5.82 Å². The summed E-state index contributed by atoms with van der Waals surface area (Å²) in [6.07, 6.45) is 2.02. The Morgan fingerprint density at radius 3 is 2.31 bits per heavy atom. The van der Waals surface area contributed by atoms with Crippen LogP contribution in [0.1, 0.15) is 25.2 Å². The fraction of sp³-hybridized carbons (Fsp3) is 0.364. The van der Waals surface area contributed by atoms with Crippen molar-refractivity contribution in [3.63, 3.8) is 0 Å². The van der Waals surface area contributed by atoms with Crippen LogP contribution in [0.4, 0.5) is 0 Å². The van der Waals surface area contributed by atoms with Gasteiger partial charge >= 0.3 is 0 Å². The molecule has 2 rings (SSSR count). The normalized spacial score (nSPS) is 8.88. The number of H-pyrrole nitrogens is 1. The van der Waals surface area contributed by atoms with Crippen molar-refractivity contribution in [2.75, 3.05) is 0 Å². The first-order valence-electron chi connectivity index (χ1n) is 4.81. The van der Waals surface area contributed by atoms with Crippen molar-refractivity contribution in [3.05, 3.63) is 29.6 Å². The van der Waals surface area contributed by atoms with Crippen LogP contribution in [-0.4, -0.2) is 9.97 Å². The minimum atomic E-state index is 0. The summed E-state index contributed by atoms with van der Waals surface area (Å²) in [5.41, 5.74) is 3.63. The van der Waals surface area contributed by atoms with E-state index in [4.69, 9.17) is 0 Å². The number of nitrogens with zero attached hydrogens (tertiary/aromatic N) is 1. The molecule has 0 unspecified atom stereocenters. The second-order valence-electron chi connectivity index (χ2n) is 3.20. The highest BCUT2D eigenvalue weighted by Crippen LogP contribution is 2.16. The standard InChI is InChI=1S/C11H14N2.3HI/c1-3-8-6-5-7-9-11(8)13-10(4-2)12-9;;;/h5-7H,3-4H2,1-2H3,(H,12,13);3*1H. The van der Waals surface area contributed by atoms with Crippen LogP contribution < -0.4 is 0 Å². The van der Waals surface area contributed by atoms with Gasteiger partial charge < -0.3 is 4.98 Å². The molecule has 0 amide bonds. The third kappa shape index (κ3) is 3.97.